The first-order valence-corrected chi connectivity index (χ1v) is 7.60. The summed E-state index contributed by atoms with van der Waals surface area (Å²) in [4.78, 5) is 14.3. The molecule has 0 aromatic heterocycles. The van der Waals surface area contributed by atoms with Crippen LogP contribution in [0.2, 0.25) is 0 Å². The van der Waals surface area contributed by atoms with Crippen molar-refractivity contribution in [1.82, 2.24) is 5.32 Å². The van der Waals surface area contributed by atoms with E-state index in [9.17, 15) is 9.18 Å². The molecule has 3 nitrogen and oxygen atoms in total. The summed E-state index contributed by atoms with van der Waals surface area (Å²) < 4.78 is 13.1. The summed E-state index contributed by atoms with van der Waals surface area (Å²) in [5.41, 5.74) is 2.61. The van der Waals surface area contributed by atoms with Gasteiger partial charge < -0.3 is 10.2 Å². The molecule has 1 fully saturated rings. The van der Waals surface area contributed by atoms with E-state index in [-0.39, 0.29) is 5.91 Å². The fourth-order valence-electron chi connectivity index (χ4n) is 2.71. The number of nitrogens with one attached hydrogen (secondary N) is 1. The summed E-state index contributed by atoms with van der Waals surface area (Å²) in [6, 6.07) is 14.0. The summed E-state index contributed by atoms with van der Waals surface area (Å²) in [6.07, 6.45) is 2.51. The standard InChI is InChI=1S/C18H19FN2O/c19-16-5-3-4-15(12-16)18(22)20-13-14-6-8-17(9-7-14)21-10-1-2-11-21/h3-9,12H,1-2,10-11,13H2,(H,20,22). The van der Waals surface area contributed by atoms with Crippen molar-refractivity contribution in [2.45, 2.75) is 19.4 Å². The van der Waals surface area contributed by atoms with E-state index in [1.807, 2.05) is 12.1 Å². The van der Waals surface area contributed by atoms with Crippen molar-refractivity contribution in [2.75, 3.05) is 18.0 Å². The van der Waals surface area contributed by atoms with E-state index < -0.39 is 5.82 Å². The maximum atomic E-state index is 13.1. The number of carbonyl (C=O) groups is 1. The van der Waals surface area contributed by atoms with E-state index in [0.29, 0.717) is 12.1 Å². The van der Waals surface area contributed by atoms with Gasteiger partial charge in [-0.25, -0.2) is 4.39 Å². The van der Waals surface area contributed by atoms with Crippen LogP contribution >= 0.6 is 0 Å². The summed E-state index contributed by atoms with van der Waals surface area (Å²) in [7, 11) is 0. The van der Waals surface area contributed by atoms with Crippen LogP contribution in [0, 0.1) is 5.82 Å². The highest BCUT2D eigenvalue weighted by molar-refractivity contribution is 5.94. The van der Waals surface area contributed by atoms with Crippen LogP contribution in [-0.4, -0.2) is 19.0 Å². The zero-order valence-electron chi connectivity index (χ0n) is 12.4. The zero-order chi connectivity index (χ0) is 15.4. The summed E-state index contributed by atoms with van der Waals surface area (Å²) in [5, 5.41) is 2.81. The van der Waals surface area contributed by atoms with Gasteiger partial charge in [0, 0.05) is 30.9 Å². The third kappa shape index (κ3) is 3.45. The Kier molecular flexibility index (Phi) is 4.37. The van der Waals surface area contributed by atoms with Crippen LogP contribution in [0.25, 0.3) is 0 Å². The van der Waals surface area contributed by atoms with Crippen molar-refractivity contribution >= 4 is 11.6 Å². The molecule has 4 heteroatoms. The molecule has 1 N–H and O–H groups in total. The van der Waals surface area contributed by atoms with Crippen LogP contribution in [0.3, 0.4) is 0 Å². The van der Waals surface area contributed by atoms with Gasteiger partial charge in [-0.15, -0.1) is 0 Å². The minimum absolute atomic E-state index is 0.261. The minimum atomic E-state index is -0.400. The van der Waals surface area contributed by atoms with Gasteiger partial charge in [0.2, 0.25) is 0 Å². The Hall–Kier alpha value is -2.36. The van der Waals surface area contributed by atoms with Crippen molar-refractivity contribution in [3.63, 3.8) is 0 Å². The molecule has 0 aliphatic carbocycles. The van der Waals surface area contributed by atoms with Crippen LogP contribution in [0.5, 0.6) is 0 Å². The summed E-state index contributed by atoms with van der Waals surface area (Å²) in [5.74, 6) is -0.661. The zero-order valence-corrected chi connectivity index (χ0v) is 12.4. The fourth-order valence-corrected chi connectivity index (χ4v) is 2.71. The third-order valence-electron chi connectivity index (χ3n) is 3.95. The largest absolute Gasteiger partial charge is 0.372 e. The smallest absolute Gasteiger partial charge is 0.251 e. The Morgan fingerprint density at radius 3 is 2.50 bits per heavy atom. The van der Waals surface area contributed by atoms with E-state index >= 15 is 0 Å². The number of carbonyl (C=O) groups excluding carboxylic acids is 1. The first-order valence-electron chi connectivity index (χ1n) is 7.60. The molecule has 0 spiro atoms. The molecule has 1 heterocycles. The van der Waals surface area contributed by atoms with E-state index in [1.165, 1.54) is 36.7 Å². The van der Waals surface area contributed by atoms with Gasteiger partial charge in [0.25, 0.3) is 5.91 Å². The number of hydrogen-bond acceptors (Lipinski definition) is 2. The molecular weight excluding hydrogens is 279 g/mol. The number of benzene rings is 2. The molecule has 0 bridgehead atoms. The Balaban J connectivity index is 1.58. The van der Waals surface area contributed by atoms with Gasteiger partial charge in [0.1, 0.15) is 5.82 Å². The first-order chi connectivity index (χ1) is 10.7. The van der Waals surface area contributed by atoms with E-state index in [1.54, 1.807) is 6.07 Å². The fraction of sp³-hybridized carbons (Fsp3) is 0.278. The predicted molar refractivity (Wildman–Crippen MR) is 85.5 cm³/mol. The third-order valence-corrected chi connectivity index (χ3v) is 3.95. The van der Waals surface area contributed by atoms with Crippen molar-refractivity contribution < 1.29 is 9.18 Å². The van der Waals surface area contributed by atoms with Gasteiger partial charge in [-0.1, -0.05) is 18.2 Å². The van der Waals surface area contributed by atoms with Crippen LogP contribution < -0.4 is 10.2 Å². The van der Waals surface area contributed by atoms with Gasteiger partial charge in [0.15, 0.2) is 0 Å². The van der Waals surface area contributed by atoms with Crippen molar-refractivity contribution in [3.8, 4) is 0 Å². The molecule has 1 saturated heterocycles. The lowest BCUT2D eigenvalue weighted by Crippen LogP contribution is -2.23. The molecular formula is C18H19FN2O. The highest BCUT2D eigenvalue weighted by Crippen LogP contribution is 2.20. The number of nitrogens with zero attached hydrogens (tertiary/aromatic N) is 1. The number of halogens is 1. The van der Waals surface area contributed by atoms with Gasteiger partial charge in [-0.3, -0.25) is 4.79 Å². The number of amides is 1. The Bertz CT molecular complexity index is 648. The second-order valence-electron chi connectivity index (χ2n) is 5.55. The monoisotopic (exact) mass is 298 g/mol. The molecule has 0 unspecified atom stereocenters. The first kappa shape index (κ1) is 14.6. The van der Waals surface area contributed by atoms with E-state index in [0.717, 1.165) is 18.7 Å². The van der Waals surface area contributed by atoms with Crippen LogP contribution in [0.4, 0.5) is 10.1 Å². The maximum Gasteiger partial charge on any atom is 0.251 e. The Morgan fingerprint density at radius 2 is 1.82 bits per heavy atom. The molecule has 1 aliphatic heterocycles. The molecule has 2 aromatic carbocycles. The molecule has 114 valence electrons. The molecule has 22 heavy (non-hydrogen) atoms. The molecule has 1 aliphatic rings. The average Bonchev–Trinajstić information content (AvgIpc) is 3.07. The maximum absolute atomic E-state index is 13.1. The highest BCUT2D eigenvalue weighted by atomic mass is 19.1. The number of rotatable bonds is 4. The van der Waals surface area contributed by atoms with Gasteiger partial charge in [-0.05, 0) is 48.7 Å². The van der Waals surface area contributed by atoms with E-state index in [2.05, 4.69) is 22.3 Å². The molecule has 0 radical (unpaired) electrons. The average molecular weight is 298 g/mol. The Labute approximate surface area is 129 Å². The minimum Gasteiger partial charge on any atom is -0.372 e. The van der Waals surface area contributed by atoms with Crippen LogP contribution in [0.1, 0.15) is 28.8 Å². The molecule has 1 amide bonds. The quantitative estimate of drug-likeness (QED) is 0.938. The summed E-state index contributed by atoms with van der Waals surface area (Å²) in [6.45, 7) is 2.68. The van der Waals surface area contributed by atoms with Crippen molar-refractivity contribution in [3.05, 3.63) is 65.5 Å². The number of hydrogen-bond donors (Lipinski definition) is 1. The molecule has 2 aromatic rings. The van der Waals surface area contributed by atoms with Crippen LogP contribution in [0.15, 0.2) is 48.5 Å². The highest BCUT2D eigenvalue weighted by Gasteiger charge is 2.12. The normalized spacial score (nSPS) is 14.1. The summed E-state index contributed by atoms with van der Waals surface area (Å²) >= 11 is 0. The topological polar surface area (TPSA) is 32.3 Å². The van der Waals surface area contributed by atoms with Crippen molar-refractivity contribution in [2.24, 2.45) is 0 Å². The SMILES string of the molecule is O=C(NCc1ccc(N2CCCC2)cc1)c1cccc(F)c1. The lowest BCUT2D eigenvalue weighted by atomic mass is 10.1. The second kappa shape index (κ2) is 6.60. The van der Waals surface area contributed by atoms with Gasteiger partial charge in [-0.2, -0.15) is 0 Å². The van der Waals surface area contributed by atoms with Crippen LogP contribution in [-0.2, 0) is 6.54 Å². The van der Waals surface area contributed by atoms with Gasteiger partial charge >= 0.3 is 0 Å². The lowest BCUT2D eigenvalue weighted by molar-refractivity contribution is 0.0950. The van der Waals surface area contributed by atoms with Gasteiger partial charge in [0.05, 0.1) is 0 Å². The van der Waals surface area contributed by atoms with Crippen molar-refractivity contribution in [1.29, 1.82) is 0 Å². The van der Waals surface area contributed by atoms with E-state index in [4.69, 9.17) is 0 Å². The molecule has 0 saturated carbocycles. The lowest BCUT2D eigenvalue weighted by Gasteiger charge is -2.17. The molecule has 3 rings (SSSR count). The second-order valence-corrected chi connectivity index (χ2v) is 5.55. The number of anilines is 1. The Morgan fingerprint density at radius 1 is 1.09 bits per heavy atom. The molecule has 0 atom stereocenters. The predicted octanol–water partition coefficient (Wildman–Crippen LogP) is 3.36.